The zero-order chi connectivity index (χ0) is 30.5. The number of anilines is 1. The van der Waals surface area contributed by atoms with E-state index in [4.69, 9.17) is 26.1 Å². The van der Waals surface area contributed by atoms with Gasteiger partial charge in [-0.1, -0.05) is 29.8 Å². The number of hydrogen-bond acceptors (Lipinski definition) is 7. The predicted molar refractivity (Wildman–Crippen MR) is 169 cm³/mol. The van der Waals surface area contributed by atoms with Crippen molar-refractivity contribution in [3.8, 4) is 38.7 Å². The average Bonchev–Trinajstić information content (AvgIpc) is 3.38. The number of carbonyl (C=O) groups excluding carboxylic acids is 1. The van der Waals surface area contributed by atoms with Crippen molar-refractivity contribution in [2.45, 2.75) is 39.4 Å². The lowest BCUT2D eigenvalue weighted by Gasteiger charge is -2.28. The van der Waals surface area contributed by atoms with Gasteiger partial charge in [0.2, 0.25) is 0 Å². The third-order valence-corrected chi connectivity index (χ3v) is 8.33. The van der Waals surface area contributed by atoms with Gasteiger partial charge in [-0.25, -0.2) is 9.78 Å². The van der Waals surface area contributed by atoms with Crippen molar-refractivity contribution in [3.63, 3.8) is 0 Å². The summed E-state index contributed by atoms with van der Waals surface area (Å²) in [4.78, 5) is 34.0. The first-order valence-corrected chi connectivity index (χ1v) is 14.8. The summed E-state index contributed by atoms with van der Waals surface area (Å²) in [7, 11) is 0. The number of amides is 1. The van der Waals surface area contributed by atoms with Crippen molar-refractivity contribution < 1.29 is 24.2 Å². The van der Waals surface area contributed by atoms with Gasteiger partial charge in [0.05, 0.1) is 27.2 Å². The Balaban J connectivity index is 1.53. The topological polar surface area (TPSA) is 111 Å². The molecule has 0 fully saturated rings. The molecular formula is C33H28ClN3O5S. The van der Waals surface area contributed by atoms with Crippen LogP contribution in [0.15, 0.2) is 66.9 Å². The summed E-state index contributed by atoms with van der Waals surface area (Å²) in [5.74, 6) is -0.703. The third-order valence-electron chi connectivity index (χ3n) is 6.94. The van der Waals surface area contributed by atoms with Crippen LogP contribution >= 0.6 is 22.9 Å². The Bertz CT molecular complexity index is 1900. The summed E-state index contributed by atoms with van der Waals surface area (Å²) in [5.41, 5.74) is 5.82. The molecule has 0 saturated heterocycles. The highest BCUT2D eigenvalue weighted by Gasteiger charge is 2.32. The zero-order valence-corrected chi connectivity index (χ0v) is 25.5. The lowest BCUT2D eigenvalue weighted by atomic mass is 9.91. The molecule has 1 aliphatic heterocycles. The van der Waals surface area contributed by atoms with Crippen LogP contribution in [0.5, 0.6) is 5.75 Å². The highest BCUT2D eigenvalue weighted by atomic mass is 35.5. The summed E-state index contributed by atoms with van der Waals surface area (Å²) >= 11 is 7.70. The largest absolute Gasteiger partial charge is 0.481 e. The van der Waals surface area contributed by atoms with Gasteiger partial charge < -0.3 is 19.9 Å². The minimum Gasteiger partial charge on any atom is -0.481 e. The molecule has 1 amide bonds. The molecular weight excluding hydrogens is 586 g/mol. The molecule has 6 rings (SSSR count). The van der Waals surface area contributed by atoms with Gasteiger partial charge in [-0.15, -0.1) is 11.3 Å². The van der Waals surface area contributed by atoms with Crippen molar-refractivity contribution in [3.05, 3.63) is 83.0 Å². The van der Waals surface area contributed by atoms with Crippen LogP contribution in [0, 0.1) is 6.92 Å². The standard InChI is InChI=1S/C33H28ClN3O5S/c1-17-14-24-30(27(18-8-10-20(34)11-9-18)26(17)29(32(39)40)42-33(2,3)4)43-31(37-24)19-12-13-35-23(15-19)21-6-5-7-22-28(21)41-16-25(38)36-22/h5-15,29H,16H2,1-4H3,(H,36,38)(H,39,40). The van der Waals surface area contributed by atoms with Gasteiger partial charge in [0.15, 0.2) is 18.5 Å². The predicted octanol–water partition coefficient (Wildman–Crippen LogP) is 7.93. The number of pyridine rings is 1. The van der Waals surface area contributed by atoms with E-state index in [1.165, 1.54) is 11.3 Å². The maximum atomic E-state index is 12.6. The van der Waals surface area contributed by atoms with Gasteiger partial charge in [-0.3, -0.25) is 9.78 Å². The van der Waals surface area contributed by atoms with Crippen molar-refractivity contribution in [2.75, 3.05) is 11.9 Å². The molecule has 218 valence electrons. The van der Waals surface area contributed by atoms with Crippen LogP contribution in [0.3, 0.4) is 0 Å². The van der Waals surface area contributed by atoms with Crippen LogP contribution in [0.4, 0.5) is 5.69 Å². The summed E-state index contributed by atoms with van der Waals surface area (Å²) in [6.07, 6.45) is 0.518. The maximum Gasteiger partial charge on any atom is 0.337 e. The van der Waals surface area contributed by atoms with Crippen molar-refractivity contribution in [1.29, 1.82) is 0 Å². The Morgan fingerprint density at radius 1 is 1.12 bits per heavy atom. The number of hydrogen-bond donors (Lipinski definition) is 2. The Labute approximate surface area is 257 Å². The van der Waals surface area contributed by atoms with Gasteiger partial charge >= 0.3 is 5.97 Å². The molecule has 2 N–H and O–H groups in total. The van der Waals surface area contributed by atoms with E-state index in [-0.39, 0.29) is 12.5 Å². The number of carbonyl (C=O) groups is 2. The number of aromatic nitrogens is 2. The number of nitrogens with one attached hydrogen (secondary N) is 1. The molecule has 0 aliphatic carbocycles. The molecule has 0 saturated carbocycles. The van der Waals surface area contributed by atoms with Gasteiger partial charge in [0.1, 0.15) is 5.01 Å². The SMILES string of the molecule is Cc1cc2nc(-c3ccnc(-c4cccc5c4OCC(=O)N5)c3)sc2c(-c2ccc(Cl)cc2)c1C(OC(C)(C)C)C(=O)O. The minimum absolute atomic E-state index is 0.0625. The average molecular weight is 614 g/mol. The van der Waals surface area contributed by atoms with E-state index >= 15 is 0 Å². The fourth-order valence-electron chi connectivity index (χ4n) is 5.19. The quantitative estimate of drug-likeness (QED) is 0.200. The summed E-state index contributed by atoms with van der Waals surface area (Å²) < 4.78 is 12.7. The monoisotopic (exact) mass is 613 g/mol. The number of benzene rings is 3. The second-order valence-electron chi connectivity index (χ2n) is 11.3. The number of ether oxygens (including phenoxy) is 2. The second-order valence-corrected chi connectivity index (χ2v) is 12.7. The molecule has 0 bridgehead atoms. The number of thiazole rings is 1. The smallest absolute Gasteiger partial charge is 0.337 e. The first-order valence-electron chi connectivity index (χ1n) is 13.6. The van der Waals surface area contributed by atoms with E-state index in [0.717, 1.165) is 43.0 Å². The molecule has 1 aliphatic rings. The number of carboxylic acid groups (broad SMARTS) is 1. The zero-order valence-electron chi connectivity index (χ0n) is 23.9. The number of carboxylic acids is 1. The van der Waals surface area contributed by atoms with Crippen LogP contribution in [0.1, 0.15) is 38.0 Å². The van der Waals surface area contributed by atoms with E-state index < -0.39 is 17.7 Å². The van der Waals surface area contributed by atoms with Gasteiger partial charge in [0.25, 0.3) is 5.91 Å². The highest BCUT2D eigenvalue weighted by Crippen LogP contribution is 2.45. The van der Waals surface area contributed by atoms with Crippen LogP contribution < -0.4 is 10.1 Å². The molecule has 2 aromatic heterocycles. The molecule has 0 spiro atoms. The maximum absolute atomic E-state index is 12.6. The molecule has 5 aromatic rings. The normalized spacial score (nSPS) is 13.7. The Hall–Kier alpha value is -4.31. The summed E-state index contributed by atoms with van der Waals surface area (Å²) in [5, 5.41) is 14.5. The number of nitrogens with zero attached hydrogens (tertiary/aromatic N) is 2. The summed E-state index contributed by atoms with van der Waals surface area (Å²) in [6.45, 7) is 7.35. The first kappa shape index (κ1) is 28.8. The molecule has 1 unspecified atom stereocenters. The van der Waals surface area contributed by atoms with E-state index in [0.29, 0.717) is 27.7 Å². The number of rotatable bonds is 6. The van der Waals surface area contributed by atoms with Gasteiger partial charge in [-0.2, -0.15) is 0 Å². The number of aliphatic carboxylic acids is 1. The van der Waals surface area contributed by atoms with E-state index in [1.54, 1.807) is 24.4 Å². The Morgan fingerprint density at radius 2 is 1.88 bits per heavy atom. The van der Waals surface area contributed by atoms with Gasteiger partial charge in [0, 0.05) is 33.5 Å². The molecule has 8 nitrogen and oxygen atoms in total. The fourth-order valence-corrected chi connectivity index (χ4v) is 6.44. The van der Waals surface area contributed by atoms with Crippen LogP contribution in [0.2, 0.25) is 5.02 Å². The van der Waals surface area contributed by atoms with E-state index in [1.807, 2.05) is 70.2 Å². The Morgan fingerprint density at radius 3 is 2.60 bits per heavy atom. The number of para-hydroxylation sites is 1. The molecule has 0 radical (unpaired) electrons. The second kappa shape index (κ2) is 11.1. The number of aryl methyl sites for hydroxylation is 1. The van der Waals surface area contributed by atoms with Crippen LogP contribution in [-0.4, -0.2) is 39.2 Å². The Kier molecular flexibility index (Phi) is 7.41. The molecule has 43 heavy (non-hydrogen) atoms. The lowest BCUT2D eigenvalue weighted by Crippen LogP contribution is -2.28. The molecule has 3 heterocycles. The molecule has 10 heteroatoms. The minimum atomic E-state index is -1.20. The highest BCUT2D eigenvalue weighted by molar-refractivity contribution is 7.22. The van der Waals surface area contributed by atoms with Crippen molar-refractivity contribution >= 4 is 50.7 Å². The first-order chi connectivity index (χ1) is 20.5. The lowest BCUT2D eigenvalue weighted by molar-refractivity contribution is -0.160. The molecule has 3 aromatic carbocycles. The summed E-state index contributed by atoms with van der Waals surface area (Å²) in [6, 6.07) is 18.6. The number of fused-ring (bicyclic) bond motifs is 2. The molecule has 1 atom stereocenters. The van der Waals surface area contributed by atoms with E-state index in [9.17, 15) is 14.7 Å². The van der Waals surface area contributed by atoms with Crippen molar-refractivity contribution in [2.24, 2.45) is 0 Å². The van der Waals surface area contributed by atoms with Crippen LogP contribution in [-0.2, 0) is 14.3 Å². The third kappa shape index (κ3) is 5.71. The van der Waals surface area contributed by atoms with Crippen molar-refractivity contribution in [1.82, 2.24) is 9.97 Å². The van der Waals surface area contributed by atoms with Crippen LogP contribution in [0.25, 0.3) is 43.2 Å². The fraction of sp³-hybridized carbons (Fsp3) is 0.212. The van der Waals surface area contributed by atoms with E-state index in [2.05, 4.69) is 10.3 Å². The number of halogens is 1. The van der Waals surface area contributed by atoms with Gasteiger partial charge in [-0.05, 0) is 81.3 Å².